The lowest BCUT2D eigenvalue weighted by atomic mass is 10.0. The zero-order chi connectivity index (χ0) is 19.2. The molecule has 1 saturated carbocycles. The first-order valence-corrected chi connectivity index (χ1v) is 10.9. The summed E-state index contributed by atoms with van der Waals surface area (Å²) in [6, 6.07) is 7.33. The summed E-state index contributed by atoms with van der Waals surface area (Å²) < 4.78 is 2.04. The number of hydrogen-bond donors (Lipinski definition) is 2. The standard InChI is InChI=1S/C21H33N7.HI/c1-2-22-21(23-13-10-20-26-25-19-9-5-6-14-28(19)20)24-17-11-15-27(16-12-17)18-7-3-4-8-18;/h5-6,9,14,17-18H,2-4,7-8,10-13,15-16H2,1H3,(H2,22,23,24);1H. The van der Waals surface area contributed by atoms with Gasteiger partial charge in [0.1, 0.15) is 5.82 Å². The van der Waals surface area contributed by atoms with Crippen LogP contribution in [0.2, 0.25) is 0 Å². The average molecular weight is 511 g/mol. The molecule has 7 nitrogen and oxygen atoms in total. The number of rotatable bonds is 6. The van der Waals surface area contributed by atoms with Crippen molar-refractivity contribution in [2.75, 3.05) is 26.2 Å². The highest BCUT2D eigenvalue weighted by Gasteiger charge is 2.27. The van der Waals surface area contributed by atoms with Gasteiger partial charge >= 0.3 is 0 Å². The van der Waals surface area contributed by atoms with Crippen LogP contribution in [-0.4, -0.2) is 63.7 Å². The van der Waals surface area contributed by atoms with Crippen molar-refractivity contribution in [2.24, 2.45) is 4.99 Å². The second-order valence-electron chi connectivity index (χ2n) is 7.95. The topological polar surface area (TPSA) is 69.8 Å². The predicted octanol–water partition coefficient (Wildman–Crippen LogP) is 2.85. The predicted molar refractivity (Wildman–Crippen MR) is 128 cm³/mol. The minimum Gasteiger partial charge on any atom is -0.357 e. The van der Waals surface area contributed by atoms with Crippen LogP contribution in [0.3, 0.4) is 0 Å². The van der Waals surface area contributed by atoms with E-state index in [0.717, 1.165) is 36.4 Å². The van der Waals surface area contributed by atoms with Crippen LogP contribution in [0.1, 0.15) is 51.3 Å². The van der Waals surface area contributed by atoms with E-state index in [9.17, 15) is 0 Å². The Balaban J connectivity index is 0.00000240. The molecule has 2 aliphatic rings. The molecule has 0 amide bonds. The Kier molecular flexibility index (Phi) is 8.53. The number of nitrogens with one attached hydrogen (secondary N) is 2. The van der Waals surface area contributed by atoms with Crippen LogP contribution < -0.4 is 10.6 Å². The lowest BCUT2D eigenvalue weighted by Gasteiger charge is -2.36. The minimum absolute atomic E-state index is 0. The zero-order valence-electron chi connectivity index (χ0n) is 17.4. The summed E-state index contributed by atoms with van der Waals surface area (Å²) in [6.07, 6.45) is 10.8. The third kappa shape index (κ3) is 5.81. The lowest BCUT2D eigenvalue weighted by molar-refractivity contribution is 0.150. The normalized spacial score (nSPS) is 19.4. The van der Waals surface area contributed by atoms with Crippen molar-refractivity contribution >= 4 is 35.6 Å². The molecule has 8 heteroatoms. The number of hydrogen-bond acceptors (Lipinski definition) is 4. The molecule has 0 bridgehead atoms. The molecule has 1 aliphatic carbocycles. The Bertz CT molecular complexity index is 776. The average Bonchev–Trinajstić information content (AvgIpc) is 3.39. The van der Waals surface area contributed by atoms with E-state index in [-0.39, 0.29) is 24.0 Å². The number of guanidine groups is 1. The van der Waals surface area contributed by atoms with Crippen molar-refractivity contribution in [2.45, 2.75) is 64.0 Å². The fourth-order valence-electron chi connectivity index (χ4n) is 4.52. The van der Waals surface area contributed by atoms with E-state index in [1.807, 2.05) is 28.8 Å². The molecule has 0 radical (unpaired) electrons. The van der Waals surface area contributed by atoms with Crippen molar-refractivity contribution in [3.05, 3.63) is 30.2 Å². The highest BCUT2D eigenvalue weighted by molar-refractivity contribution is 14.0. The highest BCUT2D eigenvalue weighted by Crippen LogP contribution is 2.26. The SMILES string of the molecule is CCNC(=NCCc1nnc2ccccn12)NC1CCN(C2CCCC2)CC1.I. The molecule has 2 aromatic heterocycles. The first-order chi connectivity index (χ1) is 13.8. The number of halogens is 1. The van der Waals surface area contributed by atoms with E-state index in [2.05, 4.69) is 32.7 Å². The van der Waals surface area contributed by atoms with Gasteiger partial charge in [0, 0.05) is 50.9 Å². The number of pyridine rings is 1. The molecule has 0 aromatic carbocycles. The molecule has 0 unspecified atom stereocenters. The van der Waals surface area contributed by atoms with E-state index < -0.39 is 0 Å². The molecular weight excluding hydrogens is 477 g/mol. The van der Waals surface area contributed by atoms with Crippen molar-refractivity contribution in [3.63, 3.8) is 0 Å². The molecule has 160 valence electrons. The van der Waals surface area contributed by atoms with Gasteiger partial charge in [-0.3, -0.25) is 9.39 Å². The van der Waals surface area contributed by atoms with Crippen LogP contribution in [-0.2, 0) is 6.42 Å². The van der Waals surface area contributed by atoms with Gasteiger partial charge in [0.15, 0.2) is 11.6 Å². The largest absolute Gasteiger partial charge is 0.357 e. The second-order valence-corrected chi connectivity index (χ2v) is 7.95. The summed E-state index contributed by atoms with van der Waals surface area (Å²) >= 11 is 0. The second kappa shape index (κ2) is 11.1. The molecular formula is C21H34IN7. The van der Waals surface area contributed by atoms with E-state index in [0.29, 0.717) is 12.6 Å². The smallest absolute Gasteiger partial charge is 0.191 e. The van der Waals surface area contributed by atoms with Crippen molar-refractivity contribution < 1.29 is 0 Å². The summed E-state index contributed by atoms with van der Waals surface area (Å²) in [5.74, 6) is 1.88. The maximum Gasteiger partial charge on any atom is 0.191 e. The number of nitrogens with zero attached hydrogens (tertiary/aromatic N) is 5. The molecule has 29 heavy (non-hydrogen) atoms. The number of fused-ring (bicyclic) bond motifs is 1. The number of piperidine rings is 1. The molecule has 0 atom stereocenters. The summed E-state index contributed by atoms with van der Waals surface area (Å²) in [7, 11) is 0. The van der Waals surface area contributed by atoms with E-state index in [1.54, 1.807) is 0 Å². The van der Waals surface area contributed by atoms with Gasteiger partial charge in [-0.25, -0.2) is 0 Å². The van der Waals surface area contributed by atoms with Gasteiger partial charge in [0.25, 0.3) is 0 Å². The van der Waals surface area contributed by atoms with E-state index >= 15 is 0 Å². The van der Waals surface area contributed by atoms with Crippen LogP contribution in [0.4, 0.5) is 0 Å². The molecule has 2 N–H and O–H groups in total. The summed E-state index contributed by atoms with van der Waals surface area (Å²) in [4.78, 5) is 7.50. The number of aliphatic imine (C=N–C) groups is 1. The highest BCUT2D eigenvalue weighted by atomic mass is 127. The maximum atomic E-state index is 4.79. The molecule has 3 heterocycles. The van der Waals surface area contributed by atoms with Crippen molar-refractivity contribution in [3.8, 4) is 0 Å². The first-order valence-electron chi connectivity index (χ1n) is 10.9. The third-order valence-electron chi connectivity index (χ3n) is 6.05. The first kappa shape index (κ1) is 22.3. The van der Waals surface area contributed by atoms with Gasteiger partial charge in [0.2, 0.25) is 0 Å². The molecule has 1 aliphatic heterocycles. The van der Waals surface area contributed by atoms with Crippen molar-refractivity contribution in [1.29, 1.82) is 0 Å². The third-order valence-corrected chi connectivity index (χ3v) is 6.05. The summed E-state index contributed by atoms with van der Waals surface area (Å²) in [5.41, 5.74) is 0.889. The zero-order valence-corrected chi connectivity index (χ0v) is 19.7. The summed E-state index contributed by atoms with van der Waals surface area (Å²) in [5, 5.41) is 15.6. The Morgan fingerprint density at radius 1 is 1.14 bits per heavy atom. The Morgan fingerprint density at radius 3 is 2.69 bits per heavy atom. The minimum atomic E-state index is 0. The number of likely N-dealkylation sites (tertiary alicyclic amines) is 1. The fraction of sp³-hybridized carbons (Fsp3) is 0.667. The van der Waals surface area contributed by atoms with Gasteiger partial charge in [-0.1, -0.05) is 18.9 Å². The van der Waals surface area contributed by atoms with E-state index in [1.165, 1.54) is 51.6 Å². The molecule has 0 spiro atoms. The van der Waals surface area contributed by atoms with Gasteiger partial charge in [-0.05, 0) is 44.7 Å². The van der Waals surface area contributed by atoms with Crippen molar-refractivity contribution in [1.82, 2.24) is 30.1 Å². The Morgan fingerprint density at radius 2 is 1.93 bits per heavy atom. The van der Waals surface area contributed by atoms with Crippen LogP contribution in [0.15, 0.2) is 29.4 Å². The molecule has 1 saturated heterocycles. The van der Waals surface area contributed by atoms with Crippen LogP contribution in [0.25, 0.3) is 5.65 Å². The van der Waals surface area contributed by atoms with Crippen LogP contribution in [0.5, 0.6) is 0 Å². The van der Waals surface area contributed by atoms with E-state index in [4.69, 9.17) is 4.99 Å². The van der Waals surface area contributed by atoms with Crippen LogP contribution >= 0.6 is 24.0 Å². The lowest BCUT2D eigenvalue weighted by Crippen LogP contribution is -2.50. The van der Waals surface area contributed by atoms with Gasteiger partial charge in [-0.15, -0.1) is 34.2 Å². The maximum absolute atomic E-state index is 4.79. The molecule has 2 aromatic rings. The quantitative estimate of drug-likeness (QED) is 0.355. The number of aromatic nitrogens is 3. The fourth-order valence-corrected chi connectivity index (χ4v) is 4.52. The van der Waals surface area contributed by atoms with Crippen LogP contribution in [0, 0.1) is 0 Å². The summed E-state index contributed by atoms with van der Waals surface area (Å²) in [6.45, 7) is 6.12. The Labute approximate surface area is 190 Å². The molecule has 4 rings (SSSR count). The monoisotopic (exact) mass is 511 g/mol. The van der Waals surface area contributed by atoms with Gasteiger partial charge in [0.05, 0.1) is 0 Å². The molecule has 2 fully saturated rings. The Hall–Kier alpha value is -1.42. The van der Waals surface area contributed by atoms with Gasteiger partial charge < -0.3 is 15.5 Å². The van der Waals surface area contributed by atoms with Gasteiger partial charge in [-0.2, -0.15) is 0 Å².